The average molecular weight is 340 g/mol. The largest absolute Gasteiger partial charge is 0.393 e. The lowest BCUT2D eigenvalue weighted by Gasteiger charge is -2.62. The van der Waals surface area contributed by atoms with Gasteiger partial charge in [0.15, 0.2) is 0 Å². The van der Waals surface area contributed by atoms with Crippen molar-refractivity contribution in [1.29, 1.82) is 0 Å². The van der Waals surface area contributed by atoms with E-state index in [-0.39, 0.29) is 11.5 Å². The Labute approximate surface area is 152 Å². The summed E-state index contributed by atoms with van der Waals surface area (Å²) in [7, 11) is 0. The summed E-state index contributed by atoms with van der Waals surface area (Å²) < 4.78 is 0. The molecule has 2 nitrogen and oxygen atoms in total. The number of rotatable bonds is 0. The quantitative estimate of drug-likeness (QED) is 0.682. The minimum absolute atomic E-state index is 0.0529. The van der Waals surface area contributed by atoms with E-state index >= 15 is 0 Å². The molecule has 1 aliphatic heterocycles. The highest BCUT2D eigenvalue weighted by Gasteiger charge is 2.66. The predicted octanol–water partition coefficient (Wildman–Crippen LogP) is 5.19. The van der Waals surface area contributed by atoms with Crippen LogP contribution >= 0.6 is 0 Å². The Kier molecular flexibility index (Phi) is 3.12. The van der Waals surface area contributed by atoms with Crippen molar-refractivity contribution in [1.82, 2.24) is 0 Å². The third-order valence-corrected chi connectivity index (χ3v) is 9.31. The number of hydrogen-bond donors (Lipinski definition) is 2. The van der Waals surface area contributed by atoms with E-state index in [1.54, 1.807) is 5.56 Å². The van der Waals surface area contributed by atoms with Gasteiger partial charge in [0.25, 0.3) is 0 Å². The molecule has 0 saturated heterocycles. The van der Waals surface area contributed by atoms with Crippen LogP contribution in [0.15, 0.2) is 24.3 Å². The van der Waals surface area contributed by atoms with Crippen molar-refractivity contribution in [3.8, 4) is 0 Å². The molecule has 25 heavy (non-hydrogen) atoms. The minimum Gasteiger partial charge on any atom is -0.393 e. The maximum atomic E-state index is 10.7. The van der Waals surface area contributed by atoms with Crippen molar-refractivity contribution < 1.29 is 5.11 Å². The van der Waals surface area contributed by atoms with Crippen LogP contribution in [-0.2, 0) is 0 Å². The summed E-state index contributed by atoms with van der Waals surface area (Å²) in [6, 6.07) is 9.62. The second-order valence-electron chi connectivity index (χ2n) is 10.6. The predicted molar refractivity (Wildman–Crippen MR) is 103 cm³/mol. The first-order valence-corrected chi connectivity index (χ1v) is 10.3. The van der Waals surface area contributed by atoms with Crippen LogP contribution in [0.25, 0.3) is 0 Å². The van der Waals surface area contributed by atoms with Crippen molar-refractivity contribution in [2.24, 2.45) is 28.1 Å². The van der Waals surface area contributed by atoms with E-state index in [0.29, 0.717) is 28.7 Å². The van der Waals surface area contributed by atoms with E-state index in [2.05, 4.69) is 57.3 Å². The Morgan fingerprint density at radius 1 is 0.960 bits per heavy atom. The summed E-state index contributed by atoms with van der Waals surface area (Å²) in [5.74, 6) is 2.08. The molecule has 0 bridgehead atoms. The van der Waals surface area contributed by atoms with Gasteiger partial charge in [-0.05, 0) is 71.8 Å². The van der Waals surface area contributed by atoms with Crippen LogP contribution in [-0.4, -0.2) is 17.3 Å². The van der Waals surface area contributed by atoms with E-state index < -0.39 is 0 Å². The highest BCUT2D eigenvalue weighted by atomic mass is 16.3. The highest BCUT2D eigenvalue weighted by Crippen LogP contribution is 2.72. The molecule has 7 atom stereocenters. The number of hydrogen-bond acceptors (Lipinski definition) is 2. The Bertz CT molecular complexity index is 712. The van der Waals surface area contributed by atoms with Crippen molar-refractivity contribution in [2.75, 3.05) is 5.32 Å². The van der Waals surface area contributed by atoms with Gasteiger partial charge in [0.1, 0.15) is 0 Å². The van der Waals surface area contributed by atoms with E-state index in [0.717, 1.165) is 12.3 Å². The molecule has 0 radical (unpaired) electrons. The van der Waals surface area contributed by atoms with Crippen LogP contribution in [0.5, 0.6) is 0 Å². The van der Waals surface area contributed by atoms with E-state index in [1.807, 2.05) is 0 Å². The second kappa shape index (κ2) is 4.82. The van der Waals surface area contributed by atoms with Crippen LogP contribution in [0.1, 0.15) is 71.3 Å². The molecule has 4 aliphatic rings. The maximum absolute atomic E-state index is 10.7. The molecule has 1 aromatic carbocycles. The molecule has 1 heterocycles. The summed E-state index contributed by atoms with van der Waals surface area (Å²) in [6.07, 6.45) is 5.93. The average Bonchev–Trinajstić information content (AvgIpc) is 3.07. The van der Waals surface area contributed by atoms with E-state index in [1.165, 1.54) is 31.4 Å². The van der Waals surface area contributed by atoms with Gasteiger partial charge in [0.2, 0.25) is 0 Å². The number of aliphatic hydroxyl groups is 1. The van der Waals surface area contributed by atoms with Crippen LogP contribution in [0.3, 0.4) is 0 Å². The molecular weight excluding hydrogens is 306 g/mol. The molecule has 3 aliphatic carbocycles. The first kappa shape index (κ1) is 16.2. The van der Waals surface area contributed by atoms with Crippen LogP contribution < -0.4 is 5.32 Å². The normalized spacial score (nSPS) is 49.6. The molecule has 136 valence electrons. The van der Waals surface area contributed by atoms with Gasteiger partial charge in [-0.25, -0.2) is 0 Å². The number of anilines is 1. The molecule has 2 N–H and O–H groups in total. The number of fused-ring (bicyclic) bond motifs is 7. The van der Waals surface area contributed by atoms with Gasteiger partial charge in [-0.15, -0.1) is 0 Å². The molecule has 3 fully saturated rings. The summed E-state index contributed by atoms with van der Waals surface area (Å²) in [5.41, 5.74) is 3.76. The molecule has 3 saturated carbocycles. The Morgan fingerprint density at radius 3 is 2.48 bits per heavy atom. The van der Waals surface area contributed by atoms with Crippen molar-refractivity contribution in [3.63, 3.8) is 0 Å². The number of nitrogens with one attached hydrogen (secondary N) is 1. The fraction of sp³-hybridized carbons (Fsp3) is 0.739. The highest BCUT2D eigenvalue weighted by molar-refractivity contribution is 5.61. The third kappa shape index (κ3) is 1.85. The van der Waals surface area contributed by atoms with Gasteiger partial charge in [0, 0.05) is 17.6 Å². The Morgan fingerprint density at radius 2 is 1.68 bits per heavy atom. The molecule has 0 amide bonds. The zero-order valence-corrected chi connectivity index (χ0v) is 16.2. The first-order valence-electron chi connectivity index (χ1n) is 10.3. The first-order chi connectivity index (χ1) is 11.8. The fourth-order valence-electron chi connectivity index (χ4n) is 8.15. The molecular formula is C23H33NO. The van der Waals surface area contributed by atoms with Crippen molar-refractivity contribution in [3.05, 3.63) is 29.8 Å². The lowest BCUT2D eigenvalue weighted by Crippen LogP contribution is -2.57. The van der Waals surface area contributed by atoms with Gasteiger partial charge in [0.05, 0.1) is 6.10 Å². The number of aliphatic hydroxyl groups excluding tert-OH is 1. The van der Waals surface area contributed by atoms with Crippen molar-refractivity contribution >= 4 is 5.69 Å². The molecule has 0 aromatic heterocycles. The summed E-state index contributed by atoms with van der Waals surface area (Å²) >= 11 is 0. The SMILES string of the molecule is CC1(C)[C@@H](O)CC[C@]2(C)[C@@H]3C[C@H]4Nc5ccccc5[C@@H]4[C@]3(C)CC[C@@H]12. The minimum atomic E-state index is -0.130. The lowest BCUT2D eigenvalue weighted by molar-refractivity contribution is -0.164. The Hall–Kier alpha value is -1.02. The van der Waals surface area contributed by atoms with Crippen LogP contribution in [0.2, 0.25) is 0 Å². The molecule has 0 unspecified atom stereocenters. The van der Waals surface area contributed by atoms with Crippen LogP contribution in [0.4, 0.5) is 5.69 Å². The van der Waals surface area contributed by atoms with Gasteiger partial charge in [-0.3, -0.25) is 0 Å². The van der Waals surface area contributed by atoms with Gasteiger partial charge < -0.3 is 10.4 Å². The van der Waals surface area contributed by atoms with E-state index in [9.17, 15) is 5.11 Å². The smallest absolute Gasteiger partial charge is 0.0594 e. The van der Waals surface area contributed by atoms with Gasteiger partial charge >= 0.3 is 0 Å². The number of para-hydroxylation sites is 1. The zero-order chi connectivity index (χ0) is 17.6. The maximum Gasteiger partial charge on any atom is 0.0594 e. The second-order valence-corrected chi connectivity index (χ2v) is 10.6. The Balaban J connectivity index is 1.57. The lowest BCUT2D eigenvalue weighted by atomic mass is 9.42. The summed E-state index contributed by atoms with van der Waals surface area (Å²) in [5, 5.41) is 14.5. The molecule has 2 heteroatoms. The topological polar surface area (TPSA) is 32.3 Å². The fourth-order valence-corrected chi connectivity index (χ4v) is 8.15. The zero-order valence-electron chi connectivity index (χ0n) is 16.2. The summed E-state index contributed by atoms with van der Waals surface area (Å²) in [4.78, 5) is 0. The van der Waals surface area contributed by atoms with E-state index in [4.69, 9.17) is 0 Å². The molecule has 1 aromatic rings. The van der Waals surface area contributed by atoms with Gasteiger partial charge in [-0.1, -0.05) is 45.9 Å². The number of benzene rings is 1. The third-order valence-electron chi connectivity index (χ3n) is 9.31. The monoisotopic (exact) mass is 339 g/mol. The standard InChI is InChI=1S/C23H33NO/c1-21(2)17-9-11-23(4)18(22(17,3)12-10-19(21)25)13-16-20(23)14-7-5-6-8-15(14)24-16/h5-8,16-20,24-25H,9-13H2,1-4H3/t16-,17+,18+,19+,20+,22+,23-/m1/s1. The molecule has 0 spiro atoms. The van der Waals surface area contributed by atoms with Gasteiger partial charge in [-0.2, -0.15) is 0 Å². The summed E-state index contributed by atoms with van der Waals surface area (Å²) in [6.45, 7) is 9.81. The van der Waals surface area contributed by atoms with Crippen LogP contribution in [0, 0.1) is 28.1 Å². The van der Waals surface area contributed by atoms with Crippen molar-refractivity contribution in [2.45, 2.75) is 77.9 Å². The molecule has 5 rings (SSSR count).